The maximum absolute atomic E-state index is 11.7. The predicted molar refractivity (Wildman–Crippen MR) is 77.2 cm³/mol. The van der Waals surface area contributed by atoms with Gasteiger partial charge in [-0.25, -0.2) is 0 Å². The Balaban J connectivity index is 4.08. The van der Waals surface area contributed by atoms with Crippen molar-refractivity contribution < 1.29 is 9.59 Å². The van der Waals surface area contributed by atoms with Crippen molar-refractivity contribution in [1.29, 1.82) is 0 Å². The van der Waals surface area contributed by atoms with Gasteiger partial charge >= 0.3 is 0 Å². The van der Waals surface area contributed by atoms with Gasteiger partial charge in [-0.05, 0) is 45.1 Å². The largest absolute Gasteiger partial charge is 0.369 e. The van der Waals surface area contributed by atoms with Crippen LogP contribution in [-0.2, 0) is 9.59 Å². The molecule has 2 amide bonds. The van der Waals surface area contributed by atoms with Crippen molar-refractivity contribution in [3.8, 4) is 0 Å². The number of rotatable bonds is 9. The van der Waals surface area contributed by atoms with E-state index in [0.29, 0.717) is 24.8 Å². The average Bonchev–Trinajstić information content (AvgIpc) is 2.31. The molecule has 0 rings (SSSR count). The van der Waals surface area contributed by atoms with E-state index in [0.717, 1.165) is 12.8 Å². The number of hydrogen-bond acceptors (Lipinski definition) is 3. The Morgan fingerprint density at radius 1 is 1.21 bits per heavy atom. The molecule has 0 saturated heterocycles. The Kier molecular flexibility index (Phi) is 7.68. The fourth-order valence-electron chi connectivity index (χ4n) is 1.84. The van der Waals surface area contributed by atoms with E-state index >= 15 is 0 Å². The van der Waals surface area contributed by atoms with Crippen LogP contribution in [0.15, 0.2) is 0 Å². The fraction of sp³-hybridized carbons (Fsp3) is 0.857. The lowest BCUT2D eigenvalue weighted by Gasteiger charge is -2.22. The summed E-state index contributed by atoms with van der Waals surface area (Å²) in [5, 5.41) is 2.77. The van der Waals surface area contributed by atoms with E-state index in [9.17, 15) is 9.59 Å². The van der Waals surface area contributed by atoms with Gasteiger partial charge in [0, 0.05) is 13.0 Å². The second-order valence-corrected chi connectivity index (χ2v) is 6.14. The molecular weight excluding hydrogens is 242 g/mol. The topological polar surface area (TPSA) is 98.2 Å². The van der Waals surface area contributed by atoms with Gasteiger partial charge in [0.15, 0.2) is 0 Å². The summed E-state index contributed by atoms with van der Waals surface area (Å²) in [5.74, 6) is 0.561. The molecule has 0 aliphatic rings. The SMILES string of the molecule is CC(C)C(CCN)CCC(=O)NCC(C)(C)C(N)=O. The zero-order valence-electron chi connectivity index (χ0n) is 12.7. The molecule has 0 aliphatic carbocycles. The molecule has 0 aromatic heterocycles. The third kappa shape index (κ3) is 7.15. The average molecular weight is 271 g/mol. The molecule has 0 heterocycles. The van der Waals surface area contributed by atoms with Gasteiger partial charge in [-0.15, -0.1) is 0 Å². The van der Waals surface area contributed by atoms with Crippen molar-refractivity contribution >= 4 is 11.8 Å². The van der Waals surface area contributed by atoms with E-state index in [-0.39, 0.29) is 12.5 Å². The number of carbonyl (C=O) groups excluding carboxylic acids is 2. The number of nitrogens with two attached hydrogens (primary N) is 2. The summed E-state index contributed by atoms with van der Waals surface area (Å²) in [4.78, 5) is 22.9. The van der Waals surface area contributed by atoms with E-state index in [1.807, 2.05) is 0 Å². The summed E-state index contributed by atoms with van der Waals surface area (Å²) >= 11 is 0. The predicted octanol–water partition coefficient (Wildman–Crippen LogP) is 1.02. The van der Waals surface area contributed by atoms with E-state index in [4.69, 9.17) is 11.5 Å². The smallest absolute Gasteiger partial charge is 0.224 e. The molecule has 0 bridgehead atoms. The standard InChI is InChI=1S/C14H29N3O2/c1-10(2)11(7-8-15)5-6-12(18)17-9-14(3,4)13(16)19/h10-11H,5-9,15H2,1-4H3,(H2,16,19)(H,17,18). The highest BCUT2D eigenvalue weighted by Gasteiger charge is 2.25. The third-order valence-electron chi connectivity index (χ3n) is 3.62. The number of amides is 2. The Hall–Kier alpha value is -1.10. The van der Waals surface area contributed by atoms with Crippen LogP contribution in [0.5, 0.6) is 0 Å². The monoisotopic (exact) mass is 271 g/mol. The molecule has 1 atom stereocenters. The first-order chi connectivity index (χ1) is 8.70. The molecule has 0 radical (unpaired) electrons. The van der Waals surface area contributed by atoms with Crippen molar-refractivity contribution in [2.45, 2.75) is 47.0 Å². The van der Waals surface area contributed by atoms with Crippen LogP contribution >= 0.6 is 0 Å². The van der Waals surface area contributed by atoms with Crippen LogP contribution in [0, 0.1) is 17.3 Å². The van der Waals surface area contributed by atoms with Gasteiger partial charge in [0.05, 0.1) is 5.41 Å². The summed E-state index contributed by atoms with van der Waals surface area (Å²) in [6.07, 6.45) is 2.24. The first-order valence-corrected chi connectivity index (χ1v) is 6.97. The number of carbonyl (C=O) groups is 2. The summed E-state index contributed by atoms with van der Waals surface area (Å²) in [7, 11) is 0. The van der Waals surface area contributed by atoms with Crippen LogP contribution in [0.3, 0.4) is 0 Å². The van der Waals surface area contributed by atoms with Gasteiger partial charge < -0.3 is 16.8 Å². The van der Waals surface area contributed by atoms with Crippen LogP contribution in [0.2, 0.25) is 0 Å². The van der Waals surface area contributed by atoms with E-state index in [1.54, 1.807) is 13.8 Å². The van der Waals surface area contributed by atoms with Gasteiger partial charge in [-0.3, -0.25) is 9.59 Å². The molecule has 0 aromatic carbocycles. The summed E-state index contributed by atoms with van der Waals surface area (Å²) in [5.41, 5.74) is 10.1. The zero-order chi connectivity index (χ0) is 15.1. The lowest BCUT2D eigenvalue weighted by atomic mass is 9.88. The molecule has 0 fully saturated rings. The molecule has 19 heavy (non-hydrogen) atoms. The first-order valence-electron chi connectivity index (χ1n) is 6.97. The van der Waals surface area contributed by atoms with Crippen LogP contribution in [0.4, 0.5) is 0 Å². The molecule has 0 spiro atoms. The van der Waals surface area contributed by atoms with Crippen LogP contribution in [-0.4, -0.2) is 24.9 Å². The van der Waals surface area contributed by atoms with Crippen molar-refractivity contribution in [1.82, 2.24) is 5.32 Å². The second-order valence-electron chi connectivity index (χ2n) is 6.14. The molecule has 5 heteroatoms. The second kappa shape index (κ2) is 8.15. The number of hydrogen-bond donors (Lipinski definition) is 3. The lowest BCUT2D eigenvalue weighted by Crippen LogP contribution is -2.42. The molecule has 0 aliphatic heterocycles. The van der Waals surface area contributed by atoms with Crippen LogP contribution < -0.4 is 16.8 Å². The zero-order valence-corrected chi connectivity index (χ0v) is 12.7. The van der Waals surface area contributed by atoms with Gasteiger partial charge in [0.25, 0.3) is 0 Å². The molecule has 112 valence electrons. The molecule has 1 unspecified atom stereocenters. The van der Waals surface area contributed by atoms with Crippen molar-refractivity contribution in [2.75, 3.05) is 13.1 Å². The lowest BCUT2D eigenvalue weighted by molar-refractivity contribution is -0.127. The molecule has 0 aromatic rings. The van der Waals surface area contributed by atoms with E-state index < -0.39 is 11.3 Å². The molecular formula is C14H29N3O2. The maximum Gasteiger partial charge on any atom is 0.224 e. The number of primary amides is 1. The minimum Gasteiger partial charge on any atom is -0.369 e. The van der Waals surface area contributed by atoms with Crippen molar-refractivity contribution in [3.63, 3.8) is 0 Å². The number of nitrogens with one attached hydrogen (secondary N) is 1. The van der Waals surface area contributed by atoms with Crippen molar-refractivity contribution in [3.05, 3.63) is 0 Å². The van der Waals surface area contributed by atoms with Crippen LogP contribution in [0.25, 0.3) is 0 Å². The fourth-order valence-corrected chi connectivity index (χ4v) is 1.84. The maximum atomic E-state index is 11.7. The highest BCUT2D eigenvalue weighted by Crippen LogP contribution is 2.20. The molecule has 5 nitrogen and oxygen atoms in total. The Labute approximate surface area is 116 Å². The summed E-state index contributed by atoms with van der Waals surface area (Å²) < 4.78 is 0. The molecule has 0 saturated carbocycles. The van der Waals surface area contributed by atoms with Crippen molar-refractivity contribution in [2.24, 2.45) is 28.7 Å². The van der Waals surface area contributed by atoms with Gasteiger partial charge in [0.1, 0.15) is 0 Å². The highest BCUT2D eigenvalue weighted by atomic mass is 16.2. The van der Waals surface area contributed by atoms with E-state index in [1.165, 1.54) is 0 Å². The minimum absolute atomic E-state index is 0.0306. The van der Waals surface area contributed by atoms with E-state index in [2.05, 4.69) is 19.2 Å². The Bertz CT molecular complexity index is 301. The Morgan fingerprint density at radius 3 is 2.21 bits per heavy atom. The normalized spacial score (nSPS) is 13.4. The van der Waals surface area contributed by atoms with Gasteiger partial charge in [-0.2, -0.15) is 0 Å². The minimum atomic E-state index is -0.704. The molecule has 5 N–H and O–H groups in total. The quantitative estimate of drug-likeness (QED) is 0.584. The van der Waals surface area contributed by atoms with Gasteiger partial charge in [-0.1, -0.05) is 13.8 Å². The van der Waals surface area contributed by atoms with Crippen LogP contribution in [0.1, 0.15) is 47.0 Å². The third-order valence-corrected chi connectivity index (χ3v) is 3.62. The highest BCUT2D eigenvalue weighted by molar-refractivity contribution is 5.82. The first kappa shape index (κ1) is 17.9. The summed E-state index contributed by atoms with van der Waals surface area (Å²) in [6, 6.07) is 0. The Morgan fingerprint density at radius 2 is 1.79 bits per heavy atom. The van der Waals surface area contributed by atoms with Gasteiger partial charge in [0.2, 0.25) is 11.8 Å². The summed E-state index contributed by atoms with van der Waals surface area (Å²) in [6.45, 7) is 8.67.